The quantitative estimate of drug-likeness (QED) is 0.778. The van der Waals surface area contributed by atoms with Crippen LogP contribution in [0.4, 0.5) is 5.69 Å². The first kappa shape index (κ1) is 11.5. The average Bonchev–Trinajstić information content (AvgIpc) is 2.55. The Morgan fingerprint density at radius 3 is 2.29 bits per heavy atom. The summed E-state index contributed by atoms with van der Waals surface area (Å²) in [6.45, 7) is 5.96. The number of anilines is 1. The van der Waals surface area contributed by atoms with Crippen LogP contribution in [0.25, 0.3) is 5.69 Å². The standard InChI is InChI=1S/C13H17N3O/c1-8(2)12-9(3)15-16(13(12)17)11-6-4-10(14)5-7-11/h4-8,15H,14H2,1-3H3. The van der Waals surface area contributed by atoms with Crippen molar-refractivity contribution in [1.82, 2.24) is 9.78 Å². The molecule has 17 heavy (non-hydrogen) atoms. The van der Waals surface area contributed by atoms with E-state index in [1.165, 1.54) is 0 Å². The van der Waals surface area contributed by atoms with Crippen molar-refractivity contribution in [3.05, 3.63) is 45.9 Å². The molecule has 0 aliphatic rings. The van der Waals surface area contributed by atoms with E-state index in [4.69, 9.17) is 5.73 Å². The third-order valence-electron chi connectivity index (χ3n) is 2.85. The molecule has 0 saturated heterocycles. The summed E-state index contributed by atoms with van der Waals surface area (Å²) in [5, 5.41) is 3.09. The van der Waals surface area contributed by atoms with Gasteiger partial charge < -0.3 is 5.73 Å². The van der Waals surface area contributed by atoms with Crippen molar-refractivity contribution < 1.29 is 0 Å². The van der Waals surface area contributed by atoms with Gasteiger partial charge in [-0.15, -0.1) is 0 Å². The number of benzene rings is 1. The molecule has 0 amide bonds. The van der Waals surface area contributed by atoms with Gasteiger partial charge in [-0.3, -0.25) is 9.89 Å². The van der Waals surface area contributed by atoms with Crippen LogP contribution in [0.1, 0.15) is 31.0 Å². The number of nitrogens with two attached hydrogens (primary N) is 1. The predicted molar refractivity (Wildman–Crippen MR) is 69.6 cm³/mol. The Labute approximate surface area is 100 Å². The van der Waals surface area contributed by atoms with Gasteiger partial charge >= 0.3 is 0 Å². The maximum absolute atomic E-state index is 12.2. The van der Waals surface area contributed by atoms with Crippen molar-refractivity contribution in [3.8, 4) is 5.69 Å². The molecule has 0 bridgehead atoms. The van der Waals surface area contributed by atoms with Crippen LogP contribution in [0.15, 0.2) is 29.1 Å². The van der Waals surface area contributed by atoms with Crippen LogP contribution in [-0.4, -0.2) is 9.78 Å². The van der Waals surface area contributed by atoms with E-state index in [-0.39, 0.29) is 11.5 Å². The van der Waals surface area contributed by atoms with E-state index in [2.05, 4.69) is 5.10 Å². The number of nitrogens with zero attached hydrogens (tertiary/aromatic N) is 1. The summed E-state index contributed by atoms with van der Waals surface area (Å²) in [5.74, 6) is 0.216. The second kappa shape index (κ2) is 4.13. The van der Waals surface area contributed by atoms with E-state index in [9.17, 15) is 4.79 Å². The molecule has 0 spiro atoms. The van der Waals surface area contributed by atoms with Gasteiger partial charge in [0.15, 0.2) is 0 Å². The molecule has 0 aliphatic carbocycles. The molecular weight excluding hydrogens is 214 g/mol. The van der Waals surface area contributed by atoms with Crippen LogP contribution in [-0.2, 0) is 0 Å². The van der Waals surface area contributed by atoms with Crippen LogP contribution in [0, 0.1) is 6.92 Å². The molecule has 2 aromatic rings. The van der Waals surface area contributed by atoms with E-state index in [1.807, 2.05) is 32.9 Å². The summed E-state index contributed by atoms with van der Waals surface area (Å²) in [5.41, 5.74) is 8.89. The number of nitrogens with one attached hydrogen (secondary N) is 1. The molecule has 0 atom stereocenters. The SMILES string of the molecule is Cc1[nH]n(-c2ccc(N)cc2)c(=O)c1C(C)C. The highest BCUT2D eigenvalue weighted by atomic mass is 16.1. The largest absolute Gasteiger partial charge is 0.399 e. The number of rotatable bonds is 2. The number of H-pyrrole nitrogens is 1. The minimum absolute atomic E-state index is 0.0160. The zero-order chi connectivity index (χ0) is 12.6. The predicted octanol–water partition coefficient (Wildman–Crippen LogP) is 2.18. The molecule has 1 aromatic carbocycles. The summed E-state index contributed by atoms with van der Waals surface area (Å²) in [4.78, 5) is 12.2. The molecule has 0 radical (unpaired) electrons. The van der Waals surface area contributed by atoms with Crippen LogP contribution in [0.3, 0.4) is 0 Å². The minimum atomic E-state index is 0.0160. The van der Waals surface area contributed by atoms with Gasteiger partial charge in [0.25, 0.3) is 5.56 Å². The van der Waals surface area contributed by atoms with E-state index in [1.54, 1.807) is 16.8 Å². The monoisotopic (exact) mass is 231 g/mol. The maximum Gasteiger partial charge on any atom is 0.274 e. The lowest BCUT2D eigenvalue weighted by Gasteiger charge is -2.01. The van der Waals surface area contributed by atoms with Crippen molar-refractivity contribution in [1.29, 1.82) is 0 Å². The fourth-order valence-corrected chi connectivity index (χ4v) is 2.04. The fraction of sp³-hybridized carbons (Fsp3) is 0.308. The van der Waals surface area contributed by atoms with Crippen molar-refractivity contribution in [2.24, 2.45) is 0 Å². The number of nitrogen functional groups attached to an aromatic ring is 1. The first-order chi connectivity index (χ1) is 8.00. The number of hydrogen-bond donors (Lipinski definition) is 2. The van der Waals surface area contributed by atoms with Gasteiger partial charge in [-0.1, -0.05) is 13.8 Å². The number of aromatic nitrogens is 2. The number of hydrogen-bond acceptors (Lipinski definition) is 2. The number of aromatic amines is 1. The Kier molecular flexibility index (Phi) is 2.79. The van der Waals surface area contributed by atoms with Gasteiger partial charge in [-0.25, -0.2) is 4.68 Å². The van der Waals surface area contributed by atoms with Crippen molar-refractivity contribution in [2.75, 3.05) is 5.73 Å². The normalized spacial score (nSPS) is 11.1. The minimum Gasteiger partial charge on any atom is -0.399 e. The van der Waals surface area contributed by atoms with Gasteiger partial charge in [-0.2, -0.15) is 0 Å². The lowest BCUT2D eigenvalue weighted by Crippen LogP contribution is -2.18. The molecule has 0 unspecified atom stereocenters. The first-order valence-electron chi connectivity index (χ1n) is 5.68. The van der Waals surface area contributed by atoms with Crippen molar-refractivity contribution >= 4 is 5.69 Å². The third kappa shape index (κ3) is 1.98. The van der Waals surface area contributed by atoms with E-state index in [0.717, 1.165) is 16.9 Å². The highest BCUT2D eigenvalue weighted by Crippen LogP contribution is 2.15. The molecule has 0 fully saturated rings. The topological polar surface area (TPSA) is 63.8 Å². The molecule has 0 saturated carbocycles. The summed E-state index contributed by atoms with van der Waals surface area (Å²) in [6, 6.07) is 7.23. The van der Waals surface area contributed by atoms with Crippen LogP contribution < -0.4 is 11.3 Å². The summed E-state index contributed by atoms with van der Waals surface area (Å²) < 4.78 is 1.56. The van der Waals surface area contributed by atoms with Gasteiger partial charge in [0, 0.05) is 16.9 Å². The molecule has 2 rings (SSSR count). The number of aryl methyl sites for hydroxylation is 1. The lowest BCUT2D eigenvalue weighted by molar-refractivity contribution is 0.824. The molecule has 4 heteroatoms. The van der Waals surface area contributed by atoms with Gasteiger partial charge in [0.2, 0.25) is 0 Å². The van der Waals surface area contributed by atoms with E-state index in [0.29, 0.717) is 5.69 Å². The molecule has 0 aliphatic heterocycles. The van der Waals surface area contributed by atoms with Crippen LogP contribution in [0.5, 0.6) is 0 Å². The Hall–Kier alpha value is -1.97. The summed E-state index contributed by atoms with van der Waals surface area (Å²) >= 11 is 0. The zero-order valence-electron chi connectivity index (χ0n) is 10.3. The second-order valence-corrected chi connectivity index (χ2v) is 4.54. The van der Waals surface area contributed by atoms with Gasteiger partial charge in [0.05, 0.1) is 5.69 Å². The highest BCUT2D eigenvalue weighted by molar-refractivity contribution is 5.45. The molecule has 4 nitrogen and oxygen atoms in total. The molecule has 1 heterocycles. The van der Waals surface area contributed by atoms with Crippen LogP contribution in [0.2, 0.25) is 0 Å². The summed E-state index contributed by atoms with van der Waals surface area (Å²) in [6.07, 6.45) is 0. The van der Waals surface area contributed by atoms with Crippen molar-refractivity contribution in [3.63, 3.8) is 0 Å². The lowest BCUT2D eigenvalue weighted by atomic mass is 10.1. The average molecular weight is 231 g/mol. The third-order valence-corrected chi connectivity index (χ3v) is 2.85. The van der Waals surface area contributed by atoms with E-state index >= 15 is 0 Å². The molecular formula is C13H17N3O. The van der Waals surface area contributed by atoms with Gasteiger partial charge in [0.1, 0.15) is 0 Å². The van der Waals surface area contributed by atoms with Crippen molar-refractivity contribution in [2.45, 2.75) is 26.7 Å². The molecule has 1 aromatic heterocycles. The Bertz CT molecular complexity index is 576. The Morgan fingerprint density at radius 1 is 1.24 bits per heavy atom. The zero-order valence-corrected chi connectivity index (χ0v) is 10.3. The van der Waals surface area contributed by atoms with E-state index < -0.39 is 0 Å². The smallest absolute Gasteiger partial charge is 0.274 e. The summed E-state index contributed by atoms with van der Waals surface area (Å²) in [7, 11) is 0. The fourth-order valence-electron chi connectivity index (χ4n) is 2.04. The Morgan fingerprint density at radius 2 is 1.82 bits per heavy atom. The first-order valence-corrected chi connectivity index (χ1v) is 5.68. The Balaban J connectivity index is 2.58. The second-order valence-electron chi connectivity index (χ2n) is 4.54. The van der Waals surface area contributed by atoms with Gasteiger partial charge in [-0.05, 0) is 37.1 Å². The highest BCUT2D eigenvalue weighted by Gasteiger charge is 2.14. The molecule has 90 valence electrons. The van der Waals surface area contributed by atoms with Crippen LogP contribution >= 0.6 is 0 Å². The maximum atomic E-state index is 12.2. The molecule has 3 N–H and O–H groups in total.